The van der Waals surface area contributed by atoms with Crippen molar-refractivity contribution in [2.45, 2.75) is 43.8 Å². The number of imide groups is 1. The van der Waals surface area contributed by atoms with E-state index in [4.69, 9.17) is 24.6 Å². The molecule has 2 bridgehead atoms. The van der Waals surface area contributed by atoms with Gasteiger partial charge in [-0.2, -0.15) is 18.4 Å². The number of aliphatic hydroxyl groups excluding tert-OH is 1. The van der Waals surface area contributed by atoms with Crippen molar-refractivity contribution in [2.75, 3.05) is 18.5 Å². The number of ether oxygens (including phenoxy) is 3. The van der Waals surface area contributed by atoms with Crippen LogP contribution in [0.4, 0.5) is 18.9 Å². The van der Waals surface area contributed by atoms with Crippen molar-refractivity contribution in [2.24, 2.45) is 11.8 Å². The average Bonchev–Trinajstić information content (AvgIpc) is 3.22. The zero-order valence-electron chi connectivity index (χ0n) is 16.6. The first-order valence-electron chi connectivity index (χ1n) is 9.47. The fraction of sp³-hybridized carbons (Fsp3) is 0.550. The third kappa shape index (κ3) is 3.05. The van der Waals surface area contributed by atoms with Crippen molar-refractivity contribution < 1.29 is 42.1 Å². The lowest BCUT2D eigenvalue weighted by molar-refractivity contribution is -0.170. The van der Waals surface area contributed by atoms with Gasteiger partial charge in [-0.05, 0) is 32.0 Å². The number of amides is 2. The molecule has 166 valence electrons. The Labute approximate surface area is 175 Å². The molecule has 3 heterocycles. The SMILES string of the molecule is CC12C[C@H](OCOCO)C(C)(O1)[C@@H]1C(=O)N(c3ccc(C#N)c(C(F)(F)F)c3)C(=O)[C@@H]12. The van der Waals surface area contributed by atoms with E-state index in [2.05, 4.69) is 0 Å². The third-order valence-corrected chi connectivity index (χ3v) is 6.40. The number of aliphatic hydroxyl groups is 1. The van der Waals surface area contributed by atoms with Gasteiger partial charge in [0.05, 0.1) is 46.4 Å². The summed E-state index contributed by atoms with van der Waals surface area (Å²) in [5.74, 6) is -3.17. The van der Waals surface area contributed by atoms with E-state index in [9.17, 15) is 22.8 Å². The number of fused-ring (bicyclic) bond motifs is 5. The van der Waals surface area contributed by atoms with Crippen LogP contribution in [0.15, 0.2) is 18.2 Å². The molecule has 0 aliphatic carbocycles. The number of carbonyl (C=O) groups excluding carboxylic acids is 2. The zero-order valence-corrected chi connectivity index (χ0v) is 16.6. The maximum atomic E-state index is 13.4. The molecule has 4 rings (SSSR count). The quantitative estimate of drug-likeness (QED) is 0.423. The molecule has 0 radical (unpaired) electrons. The summed E-state index contributed by atoms with van der Waals surface area (Å²) in [6.45, 7) is 2.49. The van der Waals surface area contributed by atoms with Gasteiger partial charge < -0.3 is 19.3 Å². The molecule has 2 amide bonds. The molecule has 31 heavy (non-hydrogen) atoms. The van der Waals surface area contributed by atoms with E-state index in [-0.39, 0.29) is 18.9 Å². The number of nitriles is 1. The van der Waals surface area contributed by atoms with Crippen molar-refractivity contribution in [3.05, 3.63) is 29.3 Å². The molecule has 2 unspecified atom stereocenters. The molecule has 5 atom stereocenters. The largest absolute Gasteiger partial charge is 0.417 e. The number of alkyl halides is 3. The summed E-state index contributed by atoms with van der Waals surface area (Å²) in [4.78, 5) is 27.2. The second kappa shape index (κ2) is 7.00. The van der Waals surface area contributed by atoms with Crippen LogP contribution in [0.1, 0.15) is 31.4 Å². The van der Waals surface area contributed by atoms with Gasteiger partial charge in [0.25, 0.3) is 0 Å². The van der Waals surface area contributed by atoms with Crippen LogP contribution >= 0.6 is 0 Å². The normalized spacial score (nSPS) is 34.4. The molecule has 0 saturated carbocycles. The Morgan fingerprint density at radius 3 is 2.58 bits per heavy atom. The molecule has 8 nitrogen and oxygen atoms in total. The predicted molar refractivity (Wildman–Crippen MR) is 96.1 cm³/mol. The van der Waals surface area contributed by atoms with E-state index in [1.807, 2.05) is 0 Å². The van der Waals surface area contributed by atoms with Crippen molar-refractivity contribution >= 4 is 17.5 Å². The summed E-state index contributed by atoms with van der Waals surface area (Å²) in [5, 5.41) is 17.7. The predicted octanol–water partition coefficient (Wildman–Crippen LogP) is 1.94. The first-order chi connectivity index (χ1) is 14.5. The van der Waals surface area contributed by atoms with Crippen LogP contribution in [0.5, 0.6) is 0 Å². The highest BCUT2D eigenvalue weighted by Crippen LogP contribution is 2.61. The third-order valence-electron chi connectivity index (χ3n) is 6.40. The Morgan fingerprint density at radius 2 is 1.97 bits per heavy atom. The zero-order chi connectivity index (χ0) is 22.8. The van der Waals surface area contributed by atoms with E-state index >= 15 is 0 Å². The molecule has 1 aromatic rings. The Bertz CT molecular complexity index is 992. The molecule has 1 aromatic carbocycles. The molecule has 1 N–H and O–H groups in total. The van der Waals surface area contributed by atoms with Gasteiger partial charge in [0.1, 0.15) is 19.2 Å². The molecule has 0 aromatic heterocycles. The van der Waals surface area contributed by atoms with Gasteiger partial charge >= 0.3 is 6.18 Å². The number of hydrogen-bond donors (Lipinski definition) is 1. The first kappa shape index (κ1) is 21.7. The minimum atomic E-state index is -4.82. The Morgan fingerprint density at radius 1 is 1.29 bits per heavy atom. The Kier molecular flexibility index (Phi) is 4.90. The van der Waals surface area contributed by atoms with Crippen LogP contribution in [-0.4, -0.2) is 47.8 Å². The molecule has 3 aliphatic rings. The van der Waals surface area contributed by atoms with Crippen LogP contribution in [0.2, 0.25) is 0 Å². The van der Waals surface area contributed by atoms with Crippen molar-refractivity contribution in [1.82, 2.24) is 0 Å². The van der Waals surface area contributed by atoms with Crippen molar-refractivity contribution in [3.8, 4) is 6.07 Å². The fourth-order valence-corrected chi connectivity index (χ4v) is 5.15. The lowest BCUT2D eigenvalue weighted by Crippen LogP contribution is -2.50. The van der Waals surface area contributed by atoms with Crippen molar-refractivity contribution in [1.29, 1.82) is 5.26 Å². The van der Waals surface area contributed by atoms with E-state index < -0.39 is 65.1 Å². The second-order valence-corrected chi connectivity index (χ2v) is 8.22. The molecule has 3 saturated heterocycles. The number of nitrogens with zero attached hydrogens (tertiary/aromatic N) is 2. The smallest absolute Gasteiger partial charge is 0.371 e. The topological polar surface area (TPSA) is 109 Å². The van der Waals surface area contributed by atoms with Crippen LogP contribution in [0.25, 0.3) is 0 Å². The lowest BCUT2D eigenvalue weighted by atomic mass is 9.67. The molecular weight excluding hydrogens is 421 g/mol. The van der Waals surface area contributed by atoms with E-state index in [0.717, 1.165) is 17.0 Å². The van der Waals surface area contributed by atoms with Crippen LogP contribution in [0.3, 0.4) is 0 Å². The summed E-state index contributed by atoms with van der Waals surface area (Å²) < 4.78 is 56.6. The molecular formula is C20H19F3N2O6. The van der Waals surface area contributed by atoms with E-state index in [1.54, 1.807) is 13.8 Å². The maximum Gasteiger partial charge on any atom is 0.417 e. The summed E-state index contributed by atoms with van der Waals surface area (Å²) >= 11 is 0. The highest BCUT2D eigenvalue weighted by Gasteiger charge is 2.76. The van der Waals surface area contributed by atoms with E-state index in [0.29, 0.717) is 6.07 Å². The van der Waals surface area contributed by atoms with Gasteiger partial charge in [0.15, 0.2) is 0 Å². The number of carbonyl (C=O) groups is 2. The second-order valence-electron chi connectivity index (χ2n) is 8.22. The summed E-state index contributed by atoms with van der Waals surface area (Å²) in [7, 11) is 0. The van der Waals surface area contributed by atoms with Crippen LogP contribution in [0, 0.1) is 23.2 Å². The Balaban J connectivity index is 1.71. The molecule has 11 heteroatoms. The highest BCUT2D eigenvalue weighted by atomic mass is 19.4. The van der Waals surface area contributed by atoms with Crippen LogP contribution in [-0.2, 0) is 30.0 Å². The number of rotatable bonds is 5. The minimum absolute atomic E-state index is 0.246. The number of anilines is 1. The molecule has 3 aliphatic heterocycles. The molecule has 0 spiro atoms. The summed E-state index contributed by atoms with van der Waals surface area (Å²) in [6.07, 6.45) is -5.17. The van der Waals surface area contributed by atoms with Crippen molar-refractivity contribution in [3.63, 3.8) is 0 Å². The van der Waals surface area contributed by atoms with Gasteiger partial charge in [-0.15, -0.1) is 0 Å². The number of benzene rings is 1. The maximum absolute atomic E-state index is 13.4. The lowest BCUT2D eigenvalue weighted by Gasteiger charge is -2.34. The Hall–Kier alpha value is -2.52. The standard InChI is InChI=1S/C20H19F3N2O6/c1-18-6-13(30-9-29-8-26)19(2,31-18)15-14(18)16(27)25(17(15)28)11-4-3-10(7-24)12(5-11)20(21,22)23/h3-5,13-15,26H,6,8-9H2,1-2H3/t13-,14+,15-,18?,19?/m0/s1. The van der Waals surface area contributed by atoms with Gasteiger partial charge in [-0.1, -0.05) is 0 Å². The highest BCUT2D eigenvalue weighted by molar-refractivity contribution is 6.23. The molecule has 3 fully saturated rings. The monoisotopic (exact) mass is 440 g/mol. The van der Waals surface area contributed by atoms with E-state index in [1.165, 1.54) is 6.07 Å². The van der Waals surface area contributed by atoms with Gasteiger partial charge in [-0.25, -0.2) is 4.90 Å². The van der Waals surface area contributed by atoms with Gasteiger partial charge in [-0.3, -0.25) is 9.59 Å². The van der Waals surface area contributed by atoms with Gasteiger partial charge in [0, 0.05) is 6.42 Å². The summed E-state index contributed by atoms with van der Waals surface area (Å²) in [6, 6.07) is 4.22. The van der Waals surface area contributed by atoms with Gasteiger partial charge in [0.2, 0.25) is 11.8 Å². The average molecular weight is 440 g/mol. The van der Waals surface area contributed by atoms with Crippen LogP contribution < -0.4 is 4.90 Å². The minimum Gasteiger partial charge on any atom is -0.371 e. The number of halogens is 3. The first-order valence-corrected chi connectivity index (χ1v) is 9.47. The summed E-state index contributed by atoms with van der Waals surface area (Å²) in [5.41, 5.74) is -4.31. The number of hydrogen-bond acceptors (Lipinski definition) is 7. The fourth-order valence-electron chi connectivity index (χ4n) is 5.15.